The van der Waals surface area contributed by atoms with Crippen molar-refractivity contribution in [2.75, 3.05) is 6.54 Å². The Morgan fingerprint density at radius 2 is 1.74 bits per heavy atom. The number of nitrogens with zero attached hydrogens (tertiary/aromatic N) is 3. The van der Waals surface area contributed by atoms with Crippen molar-refractivity contribution >= 4 is 22.9 Å². The highest BCUT2D eigenvalue weighted by Gasteiger charge is 2.28. The number of aromatic nitrogens is 3. The molecule has 7 heteroatoms. The van der Waals surface area contributed by atoms with Crippen molar-refractivity contribution in [3.8, 4) is 0 Å². The molecule has 212 valence electrons. The van der Waals surface area contributed by atoms with Gasteiger partial charge in [0.05, 0.1) is 29.3 Å². The van der Waals surface area contributed by atoms with Crippen molar-refractivity contribution in [2.45, 2.75) is 44.9 Å². The predicted octanol–water partition coefficient (Wildman–Crippen LogP) is 6.15. The van der Waals surface area contributed by atoms with Gasteiger partial charge in [-0.3, -0.25) is 9.88 Å². The molecule has 7 nitrogen and oxygen atoms in total. The summed E-state index contributed by atoms with van der Waals surface area (Å²) >= 11 is 0. The van der Waals surface area contributed by atoms with Gasteiger partial charge in [0.2, 0.25) is 0 Å². The lowest BCUT2D eigenvalue weighted by Crippen LogP contribution is -2.31. The van der Waals surface area contributed by atoms with Gasteiger partial charge in [-0.05, 0) is 59.7 Å². The number of nitrogens with one attached hydrogen (secondary N) is 3. The summed E-state index contributed by atoms with van der Waals surface area (Å²) in [6, 6.07) is 31.3. The molecule has 5 aromatic rings. The van der Waals surface area contributed by atoms with Crippen LogP contribution in [0.15, 0.2) is 103 Å². The van der Waals surface area contributed by atoms with Gasteiger partial charge in [0.1, 0.15) is 5.82 Å². The first kappa shape index (κ1) is 27.6. The van der Waals surface area contributed by atoms with Crippen LogP contribution >= 0.6 is 0 Å². The monoisotopic (exact) mass is 555 g/mol. The normalized spacial score (nSPS) is 15.4. The number of aryl methyl sites for hydroxylation is 1. The molecule has 1 atom stereocenters. The van der Waals surface area contributed by atoms with Crippen molar-refractivity contribution in [1.29, 1.82) is 5.41 Å². The number of para-hydroxylation sites is 2. The standard InChI is InChI=1S/C35H37N7/c36-20-29(34(37)27-8-2-1-3-9-27)22-38-21-25-15-17-26(18-16-25)23-42(24-33-40-30-12-4-5-13-31(30)41-33)32-14-6-10-28-11-7-19-39-35(28)32/h1-5,7-9,11-13,15-20,32,36,38H,6,10,14,21-24,37H2,(H,40,41). The fraction of sp³-hybridized carbons (Fsp3) is 0.229. The van der Waals surface area contributed by atoms with E-state index in [-0.39, 0.29) is 6.04 Å². The van der Waals surface area contributed by atoms with Crippen molar-refractivity contribution in [3.63, 3.8) is 0 Å². The molecule has 2 heterocycles. The number of nitrogens with two attached hydrogens (primary N) is 1. The number of H-pyrrole nitrogens is 1. The number of imidazole rings is 1. The molecule has 0 spiro atoms. The van der Waals surface area contributed by atoms with E-state index in [4.69, 9.17) is 21.1 Å². The van der Waals surface area contributed by atoms with E-state index in [0.29, 0.717) is 18.8 Å². The third kappa shape index (κ3) is 6.33. The zero-order valence-corrected chi connectivity index (χ0v) is 23.8. The molecule has 42 heavy (non-hydrogen) atoms. The molecular weight excluding hydrogens is 518 g/mol. The van der Waals surface area contributed by atoms with E-state index in [2.05, 4.69) is 57.7 Å². The van der Waals surface area contributed by atoms with Crippen LogP contribution in [0.2, 0.25) is 0 Å². The van der Waals surface area contributed by atoms with Gasteiger partial charge in [-0.15, -0.1) is 0 Å². The molecular formula is C35H37N7. The second kappa shape index (κ2) is 12.9. The zero-order valence-electron chi connectivity index (χ0n) is 23.8. The van der Waals surface area contributed by atoms with Crippen LogP contribution in [0, 0.1) is 5.41 Å². The lowest BCUT2D eigenvalue weighted by Gasteiger charge is -2.34. The van der Waals surface area contributed by atoms with Crippen molar-refractivity contribution in [1.82, 2.24) is 25.2 Å². The summed E-state index contributed by atoms with van der Waals surface area (Å²) in [5.74, 6) is 0.977. The summed E-state index contributed by atoms with van der Waals surface area (Å²) in [4.78, 5) is 15.8. The van der Waals surface area contributed by atoms with E-state index >= 15 is 0 Å². The lowest BCUT2D eigenvalue weighted by molar-refractivity contribution is 0.153. The van der Waals surface area contributed by atoms with E-state index in [0.717, 1.165) is 60.3 Å². The van der Waals surface area contributed by atoms with Crippen LogP contribution in [0.25, 0.3) is 16.7 Å². The number of hydrogen-bond donors (Lipinski definition) is 4. The highest BCUT2D eigenvalue weighted by molar-refractivity contribution is 5.88. The maximum absolute atomic E-state index is 7.84. The fourth-order valence-electron chi connectivity index (χ4n) is 5.86. The number of hydrogen-bond acceptors (Lipinski definition) is 6. The molecule has 0 aliphatic heterocycles. The molecule has 6 rings (SSSR count). The second-order valence-electron chi connectivity index (χ2n) is 10.9. The summed E-state index contributed by atoms with van der Waals surface area (Å²) in [6.45, 7) is 2.76. The Morgan fingerprint density at radius 1 is 0.952 bits per heavy atom. The Kier molecular flexibility index (Phi) is 8.49. The molecule has 1 aliphatic carbocycles. The number of benzene rings is 3. The minimum absolute atomic E-state index is 0.242. The van der Waals surface area contributed by atoms with Crippen LogP contribution < -0.4 is 11.1 Å². The first-order chi connectivity index (χ1) is 20.7. The molecule has 0 saturated heterocycles. The minimum Gasteiger partial charge on any atom is -0.398 e. The Balaban J connectivity index is 1.16. The van der Waals surface area contributed by atoms with Crippen LogP contribution in [-0.4, -0.2) is 32.6 Å². The van der Waals surface area contributed by atoms with Gasteiger partial charge in [0.15, 0.2) is 0 Å². The van der Waals surface area contributed by atoms with E-state index in [1.807, 2.05) is 54.7 Å². The first-order valence-electron chi connectivity index (χ1n) is 14.6. The van der Waals surface area contributed by atoms with Crippen LogP contribution in [-0.2, 0) is 26.1 Å². The molecule has 1 unspecified atom stereocenters. The summed E-state index contributed by atoms with van der Waals surface area (Å²) in [5, 5.41) is 11.3. The highest BCUT2D eigenvalue weighted by Crippen LogP contribution is 2.34. The quantitative estimate of drug-likeness (QED) is 0.146. The molecule has 3 aromatic carbocycles. The molecule has 0 radical (unpaired) electrons. The smallest absolute Gasteiger partial charge is 0.121 e. The van der Waals surface area contributed by atoms with Gasteiger partial charge in [-0.2, -0.15) is 0 Å². The van der Waals surface area contributed by atoms with Crippen molar-refractivity contribution in [2.24, 2.45) is 5.73 Å². The summed E-state index contributed by atoms with van der Waals surface area (Å²) < 4.78 is 0. The molecule has 0 saturated carbocycles. The number of fused-ring (bicyclic) bond motifs is 2. The largest absolute Gasteiger partial charge is 0.398 e. The fourth-order valence-corrected chi connectivity index (χ4v) is 5.86. The second-order valence-corrected chi connectivity index (χ2v) is 10.9. The SMILES string of the molecule is N=CC(CNCc1ccc(CN(Cc2nc3ccccc3[nH]2)C2CCCc3cccnc32)cc1)=C(N)c1ccccc1. The summed E-state index contributed by atoms with van der Waals surface area (Å²) in [7, 11) is 0. The topological polar surface area (TPSA) is 107 Å². The van der Waals surface area contributed by atoms with Crippen LogP contribution in [0.1, 0.15) is 52.7 Å². The van der Waals surface area contributed by atoms with E-state index in [1.165, 1.54) is 28.6 Å². The van der Waals surface area contributed by atoms with Crippen LogP contribution in [0.3, 0.4) is 0 Å². The van der Waals surface area contributed by atoms with Gasteiger partial charge in [0, 0.05) is 43.3 Å². The Bertz CT molecular complexity index is 1640. The Morgan fingerprint density at radius 3 is 2.55 bits per heavy atom. The Labute approximate surface area is 247 Å². The average Bonchev–Trinajstić information content (AvgIpc) is 3.46. The van der Waals surface area contributed by atoms with E-state index < -0.39 is 0 Å². The maximum atomic E-state index is 7.84. The minimum atomic E-state index is 0.242. The lowest BCUT2D eigenvalue weighted by atomic mass is 9.90. The zero-order chi connectivity index (χ0) is 28.7. The predicted molar refractivity (Wildman–Crippen MR) is 170 cm³/mol. The summed E-state index contributed by atoms with van der Waals surface area (Å²) in [5.41, 5.74) is 15.8. The number of rotatable bonds is 11. The molecule has 2 aromatic heterocycles. The third-order valence-corrected chi connectivity index (χ3v) is 8.06. The molecule has 0 bridgehead atoms. The van der Waals surface area contributed by atoms with Gasteiger partial charge in [-0.25, -0.2) is 4.98 Å². The van der Waals surface area contributed by atoms with Gasteiger partial charge >= 0.3 is 0 Å². The van der Waals surface area contributed by atoms with Gasteiger partial charge in [0.25, 0.3) is 0 Å². The highest BCUT2D eigenvalue weighted by atomic mass is 15.2. The van der Waals surface area contributed by atoms with E-state index in [1.54, 1.807) is 0 Å². The third-order valence-electron chi connectivity index (χ3n) is 8.06. The van der Waals surface area contributed by atoms with E-state index in [9.17, 15) is 0 Å². The van der Waals surface area contributed by atoms with Crippen LogP contribution in [0.4, 0.5) is 0 Å². The van der Waals surface area contributed by atoms with Crippen LogP contribution in [0.5, 0.6) is 0 Å². The number of aromatic amines is 1. The average molecular weight is 556 g/mol. The Hall–Kier alpha value is -4.59. The molecule has 0 fully saturated rings. The first-order valence-corrected chi connectivity index (χ1v) is 14.6. The number of pyridine rings is 1. The maximum Gasteiger partial charge on any atom is 0.121 e. The van der Waals surface area contributed by atoms with Crippen molar-refractivity contribution < 1.29 is 0 Å². The molecule has 5 N–H and O–H groups in total. The van der Waals surface area contributed by atoms with Crippen molar-refractivity contribution in [3.05, 3.63) is 137 Å². The van der Waals surface area contributed by atoms with Gasteiger partial charge < -0.3 is 21.4 Å². The molecule has 0 amide bonds. The molecule has 1 aliphatic rings. The summed E-state index contributed by atoms with van der Waals surface area (Å²) in [6.07, 6.45) is 6.59. The van der Waals surface area contributed by atoms with Gasteiger partial charge in [-0.1, -0.05) is 72.8 Å².